The van der Waals surface area contributed by atoms with Gasteiger partial charge in [-0.05, 0) is 116 Å². The lowest BCUT2D eigenvalue weighted by Crippen LogP contribution is -2.15. The highest BCUT2D eigenvalue weighted by atomic mass is 15.2. The molecule has 2 aromatic heterocycles. The van der Waals surface area contributed by atoms with E-state index < -0.39 is 0 Å². The van der Waals surface area contributed by atoms with Crippen molar-refractivity contribution in [2.24, 2.45) is 0 Å². The van der Waals surface area contributed by atoms with E-state index in [1.165, 1.54) is 110 Å². The minimum atomic E-state index is 0.193. The molecule has 3 heteroatoms. The Morgan fingerprint density at radius 2 is 1.40 bits per heavy atom. The third kappa shape index (κ3) is 3.91. The van der Waals surface area contributed by atoms with E-state index in [4.69, 9.17) is 9.97 Å². The van der Waals surface area contributed by atoms with Gasteiger partial charge in [0, 0.05) is 33.6 Å². The van der Waals surface area contributed by atoms with Crippen LogP contribution in [0.15, 0.2) is 151 Å². The Morgan fingerprint density at radius 1 is 0.632 bits per heavy atom. The lowest BCUT2D eigenvalue weighted by atomic mass is 9.84. The highest BCUT2D eigenvalue weighted by Gasteiger charge is 2.42. The first kappa shape index (κ1) is 30.4. The van der Waals surface area contributed by atoms with E-state index in [1.807, 2.05) is 0 Å². The van der Waals surface area contributed by atoms with Crippen LogP contribution in [0.2, 0.25) is 0 Å². The Kier molecular flexibility index (Phi) is 5.82. The molecule has 0 spiro atoms. The summed E-state index contributed by atoms with van der Waals surface area (Å²) in [6.45, 7) is 0. The molecule has 0 amide bonds. The van der Waals surface area contributed by atoms with Gasteiger partial charge in [0.05, 0.1) is 22.4 Å². The summed E-state index contributed by atoms with van der Waals surface area (Å²) in [5, 5.41) is 7.59. The largest absolute Gasteiger partial charge is 0.277 e. The summed E-state index contributed by atoms with van der Waals surface area (Å²) in [6, 6.07) is 47.7. The van der Waals surface area contributed by atoms with Gasteiger partial charge in [0.15, 0.2) is 0 Å². The topological polar surface area (TPSA) is 30.7 Å². The molecule has 0 saturated carbocycles. The zero-order valence-corrected chi connectivity index (χ0v) is 31.3. The van der Waals surface area contributed by atoms with Gasteiger partial charge in [0.1, 0.15) is 0 Å². The predicted octanol–water partition coefficient (Wildman–Crippen LogP) is 13.0. The number of hydrogen-bond donors (Lipinski definition) is 0. The number of rotatable bonds is 2. The molecule has 0 saturated heterocycles. The van der Waals surface area contributed by atoms with Gasteiger partial charge in [-0.1, -0.05) is 139 Å². The lowest BCUT2D eigenvalue weighted by Gasteiger charge is -2.24. The van der Waals surface area contributed by atoms with Crippen LogP contribution in [0.4, 0.5) is 0 Å². The van der Waals surface area contributed by atoms with Gasteiger partial charge in [-0.3, -0.25) is 4.57 Å². The van der Waals surface area contributed by atoms with Gasteiger partial charge < -0.3 is 0 Å². The van der Waals surface area contributed by atoms with Crippen molar-refractivity contribution < 1.29 is 0 Å². The van der Waals surface area contributed by atoms with E-state index in [2.05, 4.69) is 156 Å². The van der Waals surface area contributed by atoms with Crippen molar-refractivity contribution >= 4 is 55.0 Å². The maximum atomic E-state index is 5.75. The van der Waals surface area contributed by atoms with Crippen LogP contribution >= 0.6 is 0 Å². The number of fused-ring (bicyclic) bond motifs is 17. The third-order valence-corrected chi connectivity index (χ3v) is 13.8. The first-order valence-corrected chi connectivity index (χ1v) is 20.5. The predicted molar refractivity (Wildman–Crippen MR) is 234 cm³/mol. The van der Waals surface area contributed by atoms with Crippen LogP contribution in [0.25, 0.3) is 83.2 Å². The van der Waals surface area contributed by atoms with Crippen LogP contribution in [-0.4, -0.2) is 14.5 Å². The summed E-state index contributed by atoms with van der Waals surface area (Å²) in [7, 11) is 0. The van der Waals surface area contributed by atoms with Crippen molar-refractivity contribution in [3.05, 3.63) is 196 Å². The van der Waals surface area contributed by atoms with Gasteiger partial charge in [-0.25, -0.2) is 9.97 Å². The average Bonchev–Trinajstić information content (AvgIpc) is 4.01. The summed E-state index contributed by atoms with van der Waals surface area (Å²) in [4.78, 5) is 11.3. The Bertz CT molecular complexity index is 3430. The molecule has 5 aliphatic rings. The molecule has 2 heterocycles. The molecule has 0 radical (unpaired) electrons. The van der Waals surface area contributed by atoms with E-state index in [-0.39, 0.29) is 11.8 Å². The number of aromatic nitrogens is 3. The maximum absolute atomic E-state index is 5.75. The molecule has 7 aromatic carbocycles. The van der Waals surface area contributed by atoms with E-state index in [9.17, 15) is 0 Å². The first-order valence-electron chi connectivity index (χ1n) is 20.5. The Balaban J connectivity index is 1.09. The molecule has 0 N–H and O–H groups in total. The van der Waals surface area contributed by atoms with E-state index in [0.29, 0.717) is 0 Å². The molecule has 57 heavy (non-hydrogen) atoms. The fourth-order valence-electron chi connectivity index (χ4n) is 11.5. The SMILES string of the molecule is C1=Cc2nc(-n3c4cc5ccccc5cc4c4c5c(c6ccccc6c43)C3c4ccccc4-c4cccc-5c43)nc(C3C=CC4=C(Cc5ccccc54)C3)c2CC1. The second kappa shape index (κ2) is 10.9. The zero-order valence-electron chi connectivity index (χ0n) is 31.3. The monoisotopic (exact) mass is 725 g/mol. The minimum absolute atomic E-state index is 0.193. The van der Waals surface area contributed by atoms with Crippen LogP contribution in [-0.2, 0) is 12.8 Å². The van der Waals surface area contributed by atoms with Crippen LogP contribution < -0.4 is 0 Å². The maximum Gasteiger partial charge on any atom is 0.235 e. The number of hydrogen-bond acceptors (Lipinski definition) is 2. The summed E-state index contributed by atoms with van der Waals surface area (Å²) >= 11 is 0. The quantitative estimate of drug-likeness (QED) is 0.178. The fraction of sp³-hybridized carbons (Fsp3) is 0.111. The number of allylic oxidation sites excluding steroid dienone is 5. The van der Waals surface area contributed by atoms with Crippen LogP contribution in [0, 0.1) is 0 Å². The highest BCUT2D eigenvalue weighted by molar-refractivity contribution is 6.28. The second-order valence-corrected chi connectivity index (χ2v) is 16.6. The van der Waals surface area contributed by atoms with Crippen molar-refractivity contribution in [1.82, 2.24) is 14.5 Å². The Morgan fingerprint density at radius 3 is 2.33 bits per heavy atom. The van der Waals surface area contributed by atoms with Crippen molar-refractivity contribution in [3.63, 3.8) is 0 Å². The Hall–Kier alpha value is -6.84. The van der Waals surface area contributed by atoms with Gasteiger partial charge >= 0.3 is 0 Å². The smallest absolute Gasteiger partial charge is 0.235 e. The van der Waals surface area contributed by atoms with Crippen LogP contribution in [0.3, 0.4) is 0 Å². The van der Waals surface area contributed by atoms with Crippen LogP contribution in [0.1, 0.15) is 69.4 Å². The highest BCUT2D eigenvalue weighted by Crippen LogP contribution is 2.62. The molecule has 5 aliphatic carbocycles. The lowest BCUT2D eigenvalue weighted by molar-refractivity contribution is 0.736. The standard InChI is InChI=1S/C54H35N3/c1-2-13-31-29-46-44(28-30(31)12-1)51-50-43-22-11-21-38-37-16-5-6-17-39(37)48(47(38)43)49(50)40-18-7-8-19-41(40)53(51)57(46)54-55-45-23-10-9-20-42(45)52(56-54)33-24-25-36-34(27-33)26-32-14-3-4-15-35(32)36/h1-8,10-19,21-25,28-29,33,48H,9,20,26-27H2. The average molecular weight is 726 g/mol. The minimum Gasteiger partial charge on any atom is -0.277 e. The van der Waals surface area contributed by atoms with Gasteiger partial charge in [-0.2, -0.15) is 0 Å². The summed E-state index contributed by atoms with van der Waals surface area (Å²) in [5.74, 6) is 1.16. The number of benzene rings is 7. The van der Waals surface area contributed by atoms with Gasteiger partial charge in [0.25, 0.3) is 0 Å². The van der Waals surface area contributed by atoms with Crippen molar-refractivity contribution in [3.8, 4) is 28.2 Å². The molecule has 0 fully saturated rings. The summed E-state index contributed by atoms with van der Waals surface area (Å²) < 4.78 is 2.44. The van der Waals surface area contributed by atoms with E-state index in [1.54, 1.807) is 0 Å². The summed E-state index contributed by atoms with van der Waals surface area (Å²) in [6.07, 6.45) is 13.4. The Labute approximate surface area is 330 Å². The van der Waals surface area contributed by atoms with Crippen molar-refractivity contribution in [1.29, 1.82) is 0 Å². The normalized spacial score (nSPS) is 18.0. The van der Waals surface area contributed by atoms with E-state index >= 15 is 0 Å². The van der Waals surface area contributed by atoms with Crippen LogP contribution in [0.5, 0.6) is 0 Å². The van der Waals surface area contributed by atoms with Gasteiger partial charge in [-0.15, -0.1) is 0 Å². The molecule has 0 aliphatic heterocycles. The van der Waals surface area contributed by atoms with E-state index in [0.717, 1.165) is 42.8 Å². The molecule has 9 aromatic rings. The molecular weight excluding hydrogens is 691 g/mol. The zero-order chi connectivity index (χ0) is 36.9. The molecule has 3 nitrogen and oxygen atoms in total. The second-order valence-electron chi connectivity index (χ2n) is 16.6. The first-order chi connectivity index (χ1) is 28.3. The molecule has 2 atom stereocenters. The summed E-state index contributed by atoms with van der Waals surface area (Å²) in [5.41, 5.74) is 21.4. The molecule has 2 unspecified atom stereocenters. The molecule has 266 valence electrons. The molecular formula is C54H35N3. The third-order valence-electron chi connectivity index (χ3n) is 13.8. The van der Waals surface area contributed by atoms with Crippen molar-refractivity contribution in [2.45, 2.75) is 37.5 Å². The van der Waals surface area contributed by atoms with Crippen molar-refractivity contribution in [2.75, 3.05) is 0 Å². The number of nitrogens with zero attached hydrogens (tertiary/aromatic N) is 3. The molecule has 14 rings (SSSR count). The fourth-order valence-corrected chi connectivity index (χ4v) is 11.5. The molecule has 0 bridgehead atoms. The van der Waals surface area contributed by atoms with Gasteiger partial charge in [0.2, 0.25) is 5.95 Å².